The highest BCUT2D eigenvalue weighted by Crippen LogP contribution is 2.41. The predicted molar refractivity (Wildman–Crippen MR) is 158 cm³/mol. The van der Waals surface area contributed by atoms with Gasteiger partial charge in [0.25, 0.3) is 0 Å². The van der Waals surface area contributed by atoms with Gasteiger partial charge in [0.05, 0.1) is 24.7 Å². The van der Waals surface area contributed by atoms with Crippen LogP contribution in [0.2, 0.25) is 5.02 Å². The molecule has 1 aliphatic rings. The molecule has 0 saturated carbocycles. The Morgan fingerprint density at radius 1 is 1.13 bits per heavy atom. The van der Waals surface area contributed by atoms with Crippen molar-refractivity contribution in [1.29, 1.82) is 0 Å². The van der Waals surface area contributed by atoms with E-state index < -0.39 is 47.6 Å². The molecule has 0 amide bonds. The van der Waals surface area contributed by atoms with E-state index in [1.54, 1.807) is 24.0 Å². The lowest BCUT2D eigenvalue weighted by molar-refractivity contribution is -0.207. The number of carbonyl (C=O) groups is 1. The average Bonchev–Trinajstić information content (AvgIpc) is 3.54. The van der Waals surface area contributed by atoms with Crippen LogP contribution in [0, 0.1) is 0 Å². The minimum absolute atomic E-state index is 0.00776. The number of ether oxygens (including phenoxy) is 1. The van der Waals surface area contributed by atoms with Crippen LogP contribution >= 0.6 is 22.2 Å². The maximum absolute atomic E-state index is 13.4. The van der Waals surface area contributed by atoms with Crippen molar-refractivity contribution in [3.05, 3.63) is 69.6 Å². The van der Waals surface area contributed by atoms with Gasteiger partial charge in [-0.15, -0.1) is 10.2 Å². The molecule has 19 heteroatoms. The Bertz CT molecular complexity index is 1730. The Kier molecular flexibility index (Phi) is 9.22. The van der Waals surface area contributed by atoms with Crippen LogP contribution < -0.4 is 10.6 Å². The third kappa shape index (κ3) is 7.14. The van der Waals surface area contributed by atoms with Gasteiger partial charge in [0.2, 0.25) is 5.95 Å². The van der Waals surface area contributed by atoms with E-state index in [1.807, 2.05) is 0 Å². The quantitative estimate of drug-likeness (QED) is 0.223. The van der Waals surface area contributed by atoms with Crippen LogP contribution in [-0.2, 0) is 17.8 Å². The van der Waals surface area contributed by atoms with Crippen LogP contribution in [-0.4, -0.2) is 97.8 Å². The van der Waals surface area contributed by atoms with Crippen molar-refractivity contribution >= 4 is 34.1 Å². The summed E-state index contributed by atoms with van der Waals surface area (Å²) >= 11 is 5.96. The molecule has 1 aromatic carbocycles. The summed E-state index contributed by atoms with van der Waals surface area (Å²) in [5, 5.41) is 18.9. The van der Waals surface area contributed by atoms with E-state index in [4.69, 9.17) is 16.3 Å². The Labute approximate surface area is 260 Å². The van der Waals surface area contributed by atoms with E-state index in [9.17, 15) is 37.0 Å². The van der Waals surface area contributed by atoms with Gasteiger partial charge in [-0.1, -0.05) is 11.6 Å². The average molecular weight is 673 g/mol. The number of rotatable bonds is 9. The number of carbonyl (C=O) groups excluding carboxylic acids is 1. The second-order valence-electron chi connectivity index (χ2n) is 9.97. The van der Waals surface area contributed by atoms with Crippen molar-refractivity contribution in [2.45, 2.75) is 32.3 Å². The second-order valence-corrected chi connectivity index (χ2v) is 12.8. The Hall–Kier alpha value is -3.97. The van der Waals surface area contributed by atoms with Crippen molar-refractivity contribution in [3.63, 3.8) is 0 Å². The molecule has 0 bridgehead atoms. The molecular formula is C26H28ClF3N8O6S. The van der Waals surface area contributed by atoms with Crippen molar-refractivity contribution in [2.75, 3.05) is 36.1 Å². The van der Waals surface area contributed by atoms with Gasteiger partial charge >= 0.3 is 17.8 Å². The maximum atomic E-state index is 13.4. The number of aliphatic hydroxyl groups excluding tert-OH is 1. The third-order valence-electron chi connectivity index (χ3n) is 6.83. The molecule has 5 rings (SSSR count). The number of pyridine rings is 1. The Balaban J connectivity index is 1.59. The van der Waals surface area contributed by atoms with Gasteiger partial charge in [-0.2, -0.15) is 33.4 Å². The zero-order chi connectivity index (χ0) is 32.5. The highest BCUT2D eigenvalue weighted by Gasteiger charge is 2.39. The van der Waals surface area contributed by atoms with E-state index in [0.29, 0.717) is 9.59 Å². The summed E-state index contributed by atoms with van der Waals surface area (Å²) in [6.45, 7) is 0.548. The first-order valence-electron chi connectivity index (χ1n) is 13.5. The lowest BCUT2D eigenvalue weighted by atomic mass is 10.2. The van der Waals surface area contributed by atoms with E-state index in [0.717, 1.165) is 4.68 Å². The molecule has 0 radical (unpaired) electrons. The summed E-state index contributed by atoms with van der Waals surface area (Å²) < 4.78 is 68.1. The fourth-order valence-corrected chi connectivity index (χ4v) is 5.92. The second kappa shape index (κ2) is 12.8. The van der Waals surface area contributed by atoms with Gasteiger partial charge in [-0.3, -0.25) is 13.7 Å². The SMILES string of the molecule is CCOC(=O)c1ncccc1-n1nc(Cn2nc(-c3ccc(Cl)cc3)n(C[C@@H](O)C(F)(F)F)c2=O)nc1N1CCS(O)(O)CC1. The molecule has 14 nitrogen and oxygen atoms in total. The van der Waals surface area contributed by atoms with Crippen LogP contribution in [0.25, 0.3) is 17.1 Å². The molecule has 1 saturated heterocycles. The highest BCUT2D eigenvalue weighted by atomic mass is 35.5. The Morgan fingerprint density at radius 2 is 1.82 bits per heavy atom. The molecule has 3 aromatic heterocycles. The first-order valence-corrected chi connectivity index (χ1v) is 15.8. The summed E-state index contributed by atoms with van der Waals surface area (Å²) in [4.78, 5) is 36.5. The van der Waals surface area contributed by atoms with Crippen molar-refractivity contribution in [3.8, 4) is 17.1 Å². The lowest BCUT2D eigenvalue weighted by Crippen LogP contribution is -2.39. The molecule has 1 fully saturated rings. The van der Waals surface area contributed by atoms with Crippen LogP contribution in [0.15, 0.2) is 47.4 Å². The number of hydrogen-bond donors (Lipinski definition) is 3. The maximum Gasteiger partial charge on any atom is 0.416 e. The molecule has 1 aliphatic heterocycles. The number of aromatic nitrogens is 7. The number of nitrogens with zero attached hydrogens (tertiary/aromatic N) is 8. The van der Waals surface area contributed by atoms with Crippen molar-refractivity contribution in [1.82, 2.24) is 34.1 Å². The number of halogens is 4. The Morgan fingerprint density at radius 3 is 2.47 bits per heavy atom. The molecule has 4 aromatic rings. The standard InChI is InChI=1S/C26H28ClF3N8O6S/c1-2-44-23(40)21-18(4-3-9-31-21)38-24(35-10-12-45(42,43)13-11-35)32-20(33-38)15-37-25(41)36(14-19(39)26(28,29)30)22(34-37)16-5-7-17(27)8-6-16/h3-9,19,39,42-43H,2,10-15H2,1H3/t19-/m1/s1. The van der Waals surface area contributed by atoms with Gasteiger partial charge in [0.15, 0.2) is 23.4 Å². The van der Waals surface area contributed by atoms with E-state index in [2.05, 4.69) is 20.2 Å². The van der Waals surface area contributed by atoms with Gasteiger partial charge < -0.3 is 14.7 Å². The number of esters is 1. The molecule has 3 N–H and O–H groups in total. The first kappa shape index (κ1) is 32.4. The number of anilines is 1. The number of aliphatic hydroxyl groups is 1. The largest absolute Gasteiger partial charge is 0.461 e. The number of hydrogen-bond acceptors (Lipinski definition) is 11. The van der Waals surface area contributed by atoms with Crippen molar-refractivity contribution in [2.24, 2.45) is 0 Å². The molecule has 0 spiro atoms. The molecule has 242 valence electrons. The van der Waals surface area contributed by atoms with Crippen LogP contribution in [0.3, 0.4) is 0 Å². The van der Waals surface area contributed by atoms with Crippen LogP contribution in [0.5, 0.6) is 0 Å². The number of alkyl halides is 3. The molecular weight excluding hydrogens is 645 g/mol. The number of benzene rings is 1. The zero-order valence-electron chi connectivity index (χ0n) is 23.6. The van der Waals surface area contributed by atoms with E-state index in [1.165, 1.54) is 35.1 Å². The summed E-state index contributed by atoms with van der Waals surface area (Å²) in [5.41, 5.74) is -0.590. The molecule has 45 heavy (non-hydrogen) atoms. The van der Waals surface area contributed by atoms with Gasteiger partial charge in [-0.25, -0.2) is 19.3 Å². The van der Waals surface area contributed by atoms with Gasteiger partial charge in [0.1, 0.15) is 12.2 Å². The predicted octanol–water partition coefficient (Wildman–Crippen LogP) is 3.06. The molecule has 1 atom stereocenters. The summed E-state index contributed by atoms with van der Waals surface area (Å²) in [6.07, 6.45) is -6.45. The minimum Gasteiger partial charge on any atom is -0.461 e. The summed E-state index contributed by atoms with van der Waals surface area (Å²) in [7, 11) is -2.78. The highest BCUT2D eigenvalue weighted by molar-refractivity contribution is 8.24. The first-order chi connectivity index (χ1) is 21.3. The molecule has 0 unspecified atom stereocenters. The molecule has 4 heterocycles. The lowest BCUT2D eigenvalue weighted by Gasteiger charge is -2.41. The normalized spacial score (nSPS) is 16.4. The fraction of sp³-hybridized carbons (Fsp3) is 0.385. The minimum atomic E-state index is -4.99. The smallest absolute Gasteiger partial charge is 0.416 e. The van der Waals surface area contributed by atoms with Gasteiger partial charge in [-0.05, 0) is 43.3 Å². The monoisotopic (exact) mass is 672 g/mol. The third-order valence-corrected chi connectivity index (χ3v) is 8.75. The topological polar surface area (TPSA) is 174 Å². The molecule has 0 aliphatic carbocycles. The van der Waals surface area contributed by atoms with Crippen LogP contribution in [0.1, 0.15) is 23.2 Å². The summed E-state index contributed by atoms with van der Waals surface area (Å²) in [5.74, 6) is -0.582. The zero-order valence-corrected chi connectivity index (χ0v) is 25.2. The van der Waals surface area contributed by atoms with E-state index in [-0.39, 0.29) is 65.7 Å². The fourth-order valence-electron chi connectivity index (χ4n) is 4.56. The van der Waals surface area contributed by atoms with E-state index >= 15 is 0 Å². The van der Waals surface area contributed by atoms with Gasteiger partial charge in [0, 0.05) is 29.9 Å². The van der Waals surface area contributed by atoms with Crippen LogP contribution in [0.4, 0.5) is 19.1 Å². The summed E-state index contributed by atoms with van der Waals surface area (Å²) in [6, 6.07) is 9.00. The van der Waals surface area contributed by atoms with Crippen molar-refractivity contribution < 1.29 is 36.9 Å².